The molecule has 2 aromatic carbocycles. The van der Waals surface area contributed by atoms with Crippen LogP contribution in [0, 0.1) is 0 Å². The number of amidine groups is 1. The minimum Gasteiger partial charge on any atom is -0.496 e. The quantitative estimate of drug-likeness (QED) is 0.213. The Morgan fingerprint density at radius 2 is 1.90 bits per heavy atom. The topological polar surface area (TPSA) is 147 Å². The highest BCUT2D eigenvalue weighted by Gasteiger charge is 2.11. The second-order valence-electron chi connectivity index (χ2n) is 5.79. The minimum absolute atomic E-state index is 0.153. The van der Waals surface area contributed by atoms with Crippen molar-refractivity contribution >= 4 is 44.4 Å². The molecule has 3 aromatic rings. The lowest BCUT2D eigenvalue weighted by molar-refractivity contribution is 0.0950. The Morgan fingerprint density at radius 3 is 2.55 bits per heavy atom. The molecular formula is C18H19ClN4O5S. The number of hydrogen-bond donors (Lipinski definition) is 4. The first-order valence-corrected chi connectivity index (χ1v) is 10.3. The van der Waals surface area contributed by atoms with E-state index in [0.717, 1.165) is 10.9 Å². The van der Waals surface area contributed by atoms with E-state index in [4.69, 9.17) is 26.6 Å². The fourth-order valence-electron chi connectivity index (χ4n) is 2.31. The summed E-state index contributed by atoms with van der Waals surface area (Å²) in [5.74, 6) is 0.327. The molecule has 1 aromatic heterocycles. The van der Waals surface area contributed by atoms with E-state index in [-0.39, 0.29) is 5.84 Å². The number of benzene rings is 2. The highest BCUT2D eigenvalue weighted by Crippen LogP contribution is 2.20. The third-order valence-corrected chi connectivity index (χ3v) is 3.72. The zero-order valence-electron chi connectivity index (χ0n) is 15.5. The number of aromatic amines is 1. The van der Waals surface area contributed by atoms with E-state index in [9.17, 15) is 13.2 Å². The number of para-hydroxylation sites is 1. The first kappa shape index (κ1) is 22.2. The fraction of sp³-hybridized carbons (Fsp3) is 0.111. The summed E-state index contributed by atoms with van der Waals surface area (Å²) in [7, 11) is -2.12. The Morgan fingerprint density at radius 1 is 1.24 bits per heavy atom. The van der Waals surface area contributed by atoms with Crippen molar-refractivity contribution in [2.75, 3.05) is 13.4 Å². The molecular weight excluding hydrogens is 420 g/mol. The van der Waals surface area contributed by atoms with Gasteiger partial charge in [-0.15, -0.1) is 0 Å². The summed E-state index contributed by atoms with van der Waals surface area (Å²) in [6.07, 6.45) is 0.715. The summed E-state index contributed by atoms with van der Waals surface area (Å²) in [6, 6.07) is 14.2. The highest BCUT2D eigenvalue weighted by molar-refractivity contribution is 7.85. The lowest BCUT2D eigenvalue weighted by Gasteiger charge is -2.07. The van der Waals surface area contributed by atoms with Crippen LogP contribution in [0.3, 0.4) is 0 Å². The zero-order chi connectivity index (χ0) is 21.6. The van der Waals surface area contributed by atoms with Gasteiger partial charge in [-0.1, -0.05) is 23.7 Å². The largest absolute Gasteiger partial charge is 0.496 e. The van der Waals surface area contributed by atoms with E-state index in [1.54, 1.807) is 43.5 Å². The maximum atomic E-state index is 12.2. The second kappa shape index (κ2) is 9.41. The third-order valence-electron chi connectivity index (χ3n) is 3.49. The van der Waals surface area contributed by atoms with Crippen LogP contribution in [0.5, 0.6) is 5.75 Å². The van der Waals surface area contributed by atoms with E-state index in [1.165, 1.54) is 0 Å². The number of hydrogen-bond acceptors (Lipinski definition) is 5. The number of rotatable bonds is 4. The molecule has 1 heterocycles. The van der Waals surface area contributed by atoms with Gasteiger partial charge < -0.3 is 15.5 Å². The summed E-state index contributed by atoms with van der Waals surface area (Å²) in [6.45, 7) is 0. The van der Waals surface area contributed by atoms with Gasteiger partial charge in [-0.25, -0.2) is 5.43 Å². The van der Waals surface area contributed by atoms with Crippen molar-refractivity contribution < 1.29 is 22.5 Å². The van der Waals surface area contributed by atoms with Gasteiger partial charge in [0.2, 0.25) is 0 Å². The molecule has 1 amide bonds. The predicted molar refractivity (Wildman–Crippen MR) is 112 cm³/mol. The molecule has 0 aliphatic heterocycles. The summed E-state index contributed by atoms with van der Waals surface area (Å²) in [5.41, 5.74) is 10.1. The van der Waals surface area contributed by atoms with Crippen molar-refractivity contribution in [1.29, 1.82) is 0 Å². The molecule has 5 N–H and O–H groups in total. The number of ether oxygens (including phenoxy) is 1. The normalized spacial score (nSPS) is 11.5. The number of carbonyl (C=O) groups excluding carboxylic acids is 1. The van der Waals surface area contributed by atoms with Crippen molar-refractivity contribution in [2.45, 2.75) is 0 Å². The van der Waals surface area contributed by atoms with Gasteiger partial charge in [-0.2, -0.15) is 13.5 Å². The summed E-state index contributed by atoms with van der Waals surface area (Å²) >= 11 is 5.94. The van der Waals surface area contributed by atoms with Gasteiger partial charge in [0.05, 0.1) is 18.9 Å². The van der Waals surface area contributed by atoms with Crippen molar-refractivity contribution in [3.63, 3.8) is 0 Å². The van der Waals surface area contributed by atoms with Crippen LogP contribution in [0.4, 0.5) is 0 Å². The standard InChI is InChI=1S/C17H15ClN4O2.CH4O3S/c1-24-15-5-3-2-4-12(15)16(19)21-22-17(23)14-9-10-8-11(18)6-7-13(10)20-14;1-5(2,3)4/h2-9,20H,1H3,(H2,19,21)(H,22,23);1H3,(H,2,3,4). The lowest BCUT2D eigenvalue weighted by Crippen LogP contribution is -2.24. The maximum Gasteiger partial charge on any atom is 0.287 e. The van der Waals surface area contributed by atoms with Gasteiger partial charge in [-0.3, -0.25) is 9.35 Å². The second-order valence-corrected chi connectivity index (χ2v) is 7.69. The molecule has 0 fully saturated rings. The van der Waals surface area contributed by atoms with E-state index in [1.807, 2.05) is 12.1 Å². The fourth-order valence-corrected chi connectivity index (χ4v) is 2.49. The first-order chi connectivity index (χ1) is 13.6. The van der Waals surface area contributed by atoms with Crippen LogP contribution < -0.4 is 15.9 Å². The van der Waals surface area contributed by atoms with Crippen molar-refractivity contribution in [2.24, 2.45) is 10.8 Å². The van der Waals surface area contributed by atoms with Crippen LogP contribution in [-0.2, 0) is 10.1 Å². The zero-order valence-corrected chi connectivity index (χ0v) is 17.1. The number of methoxy groups -OCH3 is 1. The third kappa shape index (κ3) is 6.79. The Kier molecular flexibility index (Phi) is 7.21. The van der Waals surface area contributed by atoms with Crippen molar-refractivity contribution in [1.82, 2.24) is 10.4 Å². The van der Waals surface area contributed by atoms with Crippen LogP contribution in [0.2, 0.25) is 5.02 Å². The number of fused-ring (bicyclic) bond motifs is 1. The van der Waals surface area contributed by atoms with Crippen LogP contribution in [0.1, 0.15) is 16.1 Å². The SMILES string of the molecule is COc1ccccc1C(N)=NNC(=O)c1cc2cc(Cl)ccc2[nH]1.CS(=O)(=O)O. The smallest absolute Gasteiger partial charge is 0.287 e. The van der Waals surface area contributed by atoms with Gasteiger partial charge >= 0.3 is 0 Å². The molecule has 0 atom stereocenters. The van der Waals surface area contributed by atoms with E-state index >= 15 is 0 Å². The Balaban J connectivity index is 0.000000537. The molecule has 3 rings (SSSR count). The molecule has 0 aliphatic rings. The molecule has 0 spiro atoms. The minimum atomic E-state index is -3.67. The lowest BCUT2D eigenvalue weighted by atomic mass is 10.2. The Bertz CT molecular complexity index is 1150. The Labute approximate surface area is 172 Å². The number of nitrogens with zero attached hydrogens (tertiary/aromatic N) is 1. The van der Waals surface area contributed by atoms with Gasteiger partial charge in [-0.05, 0) is 36.4 Å². The molecule has 29 heavy (non-hydrogen) atoms. The summed E-state index contributed by atoms with van der Waals surface area (Å²) in [5, 5.41) is 5.38. The Hall–Kier alpha value is -3.08. The van der Waals surface area contributed by atoms with Crippen LogP contribution in [-0.4, -0.2) is 43.1 Å². The number of H-pyrrole nitrogens is 1. The molecule has 0 saturated carbocycles. The van der Waals surface area contributed by atoms with Gasteiger partial charge in [0.1, 0.15) is 11.4 Å². The molecule has 154 valence electrons. The predicted octanol–water partition coefficient (Wildman–Crippen LogP) is 2.38. The molecule has 9 nitrogen and oxygen atoms in total. The van der Waals surface area contributed by atoms with Crippen molar-refractivity contribution in [3.8, 4) is 5.75 Å². The van der Waals surface area contributed by atoms with Gasteiger partial charge in [0, 0.05) is 15.9 Å². The van der Waals surface area contributed by atoms with Crippen LogP contribution >= 0.6 is 11.6 Å². The molecule has 0 aliphatic carbocycles. The van der Waals surface area contributed by atoms with Gasteiger partial charge in [0.25, 0.3) is 16.0 Å². The van der Waals surface area contributed by atoms with Crippen LogP contribution in [0.25, 0.3) is 10.9 Å². The van der Waals surface area contributed by atoms with Gasteiger partial charge in [0.15, 0.2) is 5.84 Å². The van der Waals surface area contributed by atoms with Crippen LogP contribution in [0.15, 0.2) is 53.6 Å². The molecule has 11 heteroatoms. The number of carbonyl (C=O) groups is 1. The molecule has 0 unspecified atom stereocenters. The van der Waals surface area contributed by atoms with Crippen molar-refractivity contribution in [3.05, 3.63) is 64.8 Å². The number of halogens is 1. The summed E-state index contributed by atoms with van der Waals surface area (Å²) in [4.78, 5) is 15.2. The summed E-state index contributed by atoms with van der Waals surface area (Å²) < 4.78 is 31.1. The maximum absolute atomic E-state index is 12.2. The average molecular weight is 439 g/mol. The highest BCUT2D eigenvalue weighted by atomic mass is 35.5. The number of nitrogens with two attached hydrogens (primary N) is 1. The number of aromatic nitrogens is 1. The number of amides is 1. The molecule has 0 bridgehead atoms. The average Bonchev–Trinajstić information content (AvgIpc) is 3.07. The number of hydrazone groups is 1. The van der Waals surface area contributed by atoms with E-state index in [0.29, 0.717) is 28.3 Å². The number of nitrogens with one attached hydrogen (secondary N) is 2. The first-order valence-electron chi connectivity index (χ1n) is 8.06. The van der Waals surface area contributed by atoms with E-state index < -0.39 is 16.0 Å². The molecule has 0 saturated heterocycles. The monoisotopic (exact) mass is 438 g/mol. The molecule has 0 radical (unpaired) electrons. The van der Waals surface area contributed by atoms with E-state index in [2.05, 4.69) is 15.5 Å².